The molecule has 0 aliphatic carbocycles. The summed E-state index contributed by atoms with van der Waals surface area (Å²) in [5.41, 5.74) is 3.43. The average molecular weight is 740 g/mol. The number of ether oxygens (including phenoxy) is 1. The van der Waals surface area contributed by atoms with Crippen LogP contribution >= 0.6 is 0 Å². The van der Waals surface area contributed by atoms with Crippen LogP contribution in [0.4, 0.5) is 18.9 Å². The summed E-state index contributed by atoms with van der Waals surface area (Å²) in [4.78, 5) is 32.9. The zero-order chi connectivity index (χ0) is 38.6. The number of halogens is 3. The van der Waals surface area contributed by atoms with Crippen molar-refractivity contribution in [2.24, 2.45) is 5.92 Å². The number of carbonyl (C=O) groups excluding carboxylic acids is 1. The van der Waals surface area contributed by atoms with Gasteiger partial charge in [-0.05, 0) is 78.4 Å². The number of rotatable bonds is 11. The van der Waals surface area contributed by atoms with E-state index >= 15 is 0 Å². The van der Waals surface area contributed by atoms with E-state index in [2.05, 4.69) is 21.3 Å². The minimum Gasteiger partial charge on any atom is -0.496 e. The summed E-state index contributed by atoms with van der Waals surface area (Å²) in [5, 5.41) is 32.4. The zero-order valence-corrected chi connectivity index (χ0v) is 29.9. The smallest absolute Gasteiger partial charge is 0.417 e. The highest BCUT2D eigenvalue weighted by Crippen LogP contribution is 2.39. The number of aliphatic hydroxyl groups is 1. The first-order valence-electron chi connectivity index (χ1n) is 17.6. The number of aliphatic hydroxyl groups excluding tert-OH is 1. The SMILES string of the molecule is COc1cc(/C=C/c2cccc(-c3cccc(NC(=O)c4ccc(CN5CC[C@@H](O)C5)cn4)c3C)c2C#N)c(C(F)(F)F)cc1CN1CC[C@@H](C(=O)O)C1. The van der Waals surface area contributed by atoms with E-state index in [1.54, 1.807) is 53.6 Å². The molecule has 0 bridgehead atoms. The van der Waals surface area contributed by atoms with Gasteiger partial charge >= 0.3 is 12.1 Å². The number of alkyl halides is 3. The number of pyridine rings is 1. The lowest BCUT2D eigenvalue weighted by molar-refractivity contribution is -0.141. The van der Waals surface area contributed by atoms with E-state index in [1.807, 2.05) is 13.0 Å². The highest BCUT2D eigenvalue weighted by molar-refractivity contribution is 6.04. The van der Waals surface area contributed by atoms with Crippen LogP contribution in [0.15, 0.2) is 66.9 Å². The molecule has 0 unspecified atom stereocenters. The molecule has 2 aliphatic rings. The van der Waals surface area contributed by atoms with Gasteiger partial charge in [0.05, 0.1) is 30.3 Å². The lowest BCUT2D eigenvalue weighted by atomic mass is 9.92. The average Bonchev–Trinajstić information content (AvgIpc) is 3.80. The lowest BCUT2D eigenvalue weighted by Crippen LogP contribution is -2.23. The molecule has 2 atom stereocenters. The number of hydrogen-bond donors (Lipinski definition) is 3. The molecule has 13 heteroatoms. The number of likely N-dealkylation sites (tertiary alicyclic amines) is 2. The minimum absolute atomic E-state index is 0.105. The van der Waals surface area contributed by atoms with E-state index in [0.717, 1.165) is 24.6 Å². The van der Waals surface area contributed by atoms with Crippen LogP contribution in [0.25, 0.3) is 23.3 Å². The number of nitriles is 1. The van der Waals surface area contributed by atoms with E-state index in [0.29, 0.717) is 59.6 Å². The van der Waals surface area contributed by atoms with Crippen molar-refractivity contribution in [3.63, 3.8) is 0 Å². The first kappa shape index (κ1) is 38.2. The molecule has 3 heterocycles. The molecular formula is C41H40F3N5O5. The van der Waals surface area contributed by atoms with Crippen LogP contribution < -0.4 is 10.1 Å². The van der Waals surface area contributed by atoms with Crippen molar-refractivity contribution in [2.75, 3.05) is 38.6 Å². The molecule has 0 radical (unpaired) electrons. The van der Waals surface area contributed by atoms with Gasteiger partial charge in [-0.1, -0.05) is 48.6 Å². The molecule has 280 valence electrons. The molecule has 0 spiro atoms. The van der Waals surface area contributed by atoms with E-state index in [-0.39, 0.29) is 41.8 Å². The summed E-state index contributed by atoms with van der Waals surface area (Å²) < 4.78 is 48.8. The number of benzene rings is 3. The van der Waals surface area contributed by atoms with Gasteiger partial charge in [-0.25, -0.2) is 0 Å². The number of nitrogens with zero attached hydrogens (tertiary/aromatic N) is 4. The summed E-state index contributed by atoms with van der Waals surface area (Å²) in [6.07, 6.45) is 0.545. The summed E-state index contributed by atoms with van der Waals surface area (Å²) in [5.74, 6) is -1.68. The quantitative estimate of drug-likeness (QED) is 0.141. The van der Waals surface area contributed by atoms with E-state index in [4.69, 9.17) is 4.74 Å². The number of aromatic nitrogens is 1. The van der Waals surface area contributed by atoms with Crippen molar-refractivity contribution in [1.29, 1.82) is 5.26 Å². The third kappa shape index (κ3) is 8.63. The Morgan fingerprint density at radius 1 is 1.00 bits per heavy atom. The topological polar surface area (TPSA) is 139 Å². The molecule has 3 N–H and O–H groups in total. The van der Waals surface area contributed by atoms with E-state index < -0.39 is 29.5 Å². The van der Waals surface area contributed by atoms with Crippen LogP contribution in [0, 0.1) is 24.2 Å². The summed E-state index contributed by atoms with van der Waals surface area (Å²) >= 11 is 0. The summed E-state index contributed by atoms with van der Waals surface area (Å²) in [6, 6.07) is 18.5. The third-order valence-electron chi connectivity index (χ3n) is 10.0. The van der Waals surface area contributed by atoms with Crippen LogP contribution in [0.2, 0.25) is 0 Å². The number of anilines is 1. The van der Waals surface area contributed by atoms with Crippen molar-refractivity contribution < 1.29 is 37.7 Å². The minimum atomic E-state index is -4.70. The number of carboxylic acid groups (broad SMARTS) is 1. The predicted molar refractivity (Wildman–Crippen MR) is 197 cm³/mol. The molecule has 54 heavy (non-hydrogen) atoms. The molecule has 4 aromatic rings. The van der Waals surface area contributed by atoms with Gasteiger partial charge in [-0.15, -0.1) is 0 Å². The summed E-state index contributed by atoms with van der Waals surface area (Å²) in [7, 11) is 1.37. The van der Waals surface area contributed by atoms with Gasteiger partial charge in [-0.3, -0.25) is 24.4 Å². The Morgan fingerprint density at radius 2 is 1.72 bits per heavy atom. The summed E-state index contributed by atoms with van der Waals surface area (Å²) in [6.45, 7) is 4.63. The van der Waals surface area contributed by atoms with Crippen molar-refractivity contribution in [3.05, 3.63) is 111 Å². The Hall–Kier alpha value is -5.55. The molecule has 10 nitrogen and oxygen atoms in total. The lowest BCUT2D eigenvalue weighted by Gasteiger charge is -2.20. The number of nitrogens with one attached hydrogen (secondary N) is 1. The molecule has 2 fully saturated rings. The first-order chi connectivity index (χ1) is 25.8. The number of aliphatic carboxylic acids is 1. The van der Waals surface area contributed by atoms with E-state index in [9.17, 15) is 38.2 Å². The maximum atomic E-state index is 14.4. The van der Waals surface area contributed by atoms with Gasteiger partial charge in [0, 0.05) is 55.7 Å². The second-order valence-corrected chi connectivity index (χ2v) is 13.7. The second kappa shape index (κ2) is 16.2. The second-order valence-electron chi connectivity index (χ2n) is 13.7. The van der Waals surface area contributed by atoms with Crippen molar-refractivity contribution >= 4 is 29.7 Å². The molecule has 6 rings (SSSR count). The fourth-order valence-electron chi connectivity index (χ4n) is 7.11. The normalized spacial score (nSPS) is 17.9. The van der Waals surface area contributed by atoms with Crippen LogP contribution in [-0.4, -0.2) is 76.3 Å². The van der Waals surface area contributed by atoms with Crippen molar-refractivity contribution in [3.8, 4) is 22.9 Å². The molecule has 3 aromatic carbocycles. The zero-order valence-electron chi connectivity index (χ0n) is 29.9. The van der Waals surface area contributed by atoms with Gasteiger partial charge in [0.2, 0.25) is 0 Å². The third-order valence-corrected chi connectivity index (χ3v) is 10.0. The van der Waals surface area contributed by atoms with Gasteiger partial charge in [0.1, 0.15) is 17.5 Å². The van der Waals surface area contributed by atoms with Gasteiger partial charge in [0.25, 0.3) is 5.91 Å². The van der Waals surface area contributed by atoms with Crippen molar-refractivity contribution in [1.82, 2.24) is 14.8 Å². The Balaban J connectivity index is 1.24. The Labute approximate surface area is 311 Å². The fourth-order valence-corrected chi connectivity index (χ4v) is 7.11. The first-order valence-corrected chi connectivity index (χ1v) is 17.6. The maximum absolute atomic E-state index is 14.4. The number of β-amino-alcohol motifs (C(OH)–C–C–N with tert-alkyl or cyclic N) is 1. The van der Waals surface area contributed by atoms with Crippen molar-refractivity contribution in [2.45, 2.75) is 45.1 Å². The number of carbonyl (C=O) groups is 2. The molecule has 1 amide bonds. The molecule has 2 aliphatic heterocycles. The number of amides is 1. The number of methoxy groups -OCH3 is 1. The van der Waals surface area contributed by atoms with Crippen LogP contribution in [0.5, 0.6) is 5.75 Å². The Bertz CT molecular complexity index is 2110. The Morgan fingerprint density at radius 3 is 2.37 bits per heavy atom. The van der Waals surface area contributed by atoms with Gasteiger partial charge in [-0.2, -0.15) is 18.4 Å². The molecule has 1 aromatic heterocycles. The highest BCUT2D eigenvalue weighted by Gasteiger charge is 2.35. The molecule has 0 saturated carbocycles. The largest absolute Gasteiger partial charge is 0.496 e. The number of hydrogen-bond acceptors (Lipinski definition) is 8. The predicted octanol–water partition coefficient (Wildman–Crippen LogP) is 6.85. The maximum Gasteiger partial charge on any atom is 0.417 e. The standard InChI is InChI=1S/C41H40F3N5O5/c1-25-32(6-4-8-36(25)47-39(51)37-12-9-26(20-46-37)21-48-16-14-31(50)24-48)33-7-3-5-27(34(33)19-45)10-11-28-18-38(54-2)30(17-35(28)41(42,43)44)23-49-15-13-29(22-49)40(52)53/h3-12,17-18,20,29,31,50H,13-16,21-24H2,1-2H3,(H,47,51)(H,52,53)/b11-10+/t29-,31-/m1/s1. The van der Waals surface area contributed by atoms with Crippen LogP contribution in [-0.2, 0) is 24.1 Å². The molecule has 2 saturated heterocycles. The van der Waals surface area contributed by atoms with Crippen LogP contribution in [0.1, 0.15) is 62.3 Å². The van der Waals surface area contributed by atoms with Gasteiger partial charge < -0.3 is 20.3 Å². The van der Waals surface area contributed by atoms with Gasteiger partial charge in [0.15, 0.2) is 0 Å². The highest BCUT2D eigenvalue weighted by atomic mass is 19.4. The Kier molecular flexibility index (Phi) is 11.5. The number of carboxylic acids is 1. The fraction of sp³-hybridized carbons (Fsp3) is 0.317. The molecular weight excluding hydrogens is 699 g/mol. The van der Waals surface area contributed by atoms with E-state index in [1.165, 1.54) is 25.3 Å². The monoisotopic (exact) mass is 739 g/mol. The van der Waals surface area contributed by atoms with Crippen LogP contribution in [0.3, 0.4) is 0 Å².